The van der Waals surface area contributed by atoms with Gasteiger partial charge in [0, 0.05) is 13.0 Å². The van der Waals surface area contributed by atoms with Gasteiger partial charge in [-0.25, -0.2) is 5.11 Å². The molecule has 1 radical (unpaired) electrons. The Kier molecular flexibility index (Phi) is 8.95. The first-order valence-electron chi connectivity index (χ1n) is 5.08. The second-order valence-corrected chi connectivity index (χ2v) is 3.09. The van der Waals surface area contributed by atoms with Crippen molar-refractivity contribution in [1.82, 2.24) is 0 Å². The van der Waals surface area contributed by atoms with E-state index in [0.29, 0.717) is 13.0 Å². The van der Waals surface area contributed by atoms with Crippen LogP contribution in [0.2, 0.25) is 0 Å². The van der Waals surface area contributed by atoms with E-state index in [-0.39, 0.29) is 0 Å². The Hall–Kier alpha value is -0.0800. The van der Waals surface area contributed by atoms with E-state index in [1.54, 1.807) is 0 Å². The van der Waals surface area contributed by atoms with Crippen molar-refractivity contribution in [3.8, 4) is 0 Å². The molecule has 0 fully saturated rings. The minimum Gasteiger partial charge on any atom is -0.350 e. The van der Waals surface area contributed by atoms with E-state index in [9.17, 15) is 5.11 Å². The smallest absolute Gasteiger partial charge is 0.191 e. The van der Waals surface area contributed by atoms with Crippen LogP contribution >= 0.6 is 0 Å². The van der Waals surface area contributed by atoms with Gasteiger partial charge < -0.3 is 4.74 Å². The lowest BCUT2D eigenvalue weighted by Crippen LogP contribution is -2.09. The summed E-state index contributed by atoms with van der Waals surface area (Å²) >= 11 is 0. The van der Waals surface area contributed by atoms with Crippen molar-refractivity contribution in [2.45, 2.75) is 58.7 Å². The van der Waals surface area contributed by atoms with Crippen molar-refractivity contribution < 1.29 is 9.84 Å². The maximum absolute atomic E-state index is 10.9. The molecule has 73 valence electrons. The summed E-state index contributed by atoms with van der Waals surface area (Å²) in [6, 6.07) is 0. The Labute approximate surface area is 75.9 Å². The molecule has 0 saturated carbocycles. The third kappa shape index (κ3) is 8.02. The average molecular weight is 173 g/mol. The molecule has 0 amide bonds. The van der Waals surface area contributed by atoms with Crippen molar-refractivity contribution in [2.24, 2.45) is 0 Å². The third-order valence-corrected chi connectivity index (χ3v) is 1.90. The minimum absolute atomic E-state index is 0.545. The molecule has 0 aliphatic rings. The lowest BCUT2D eigenvalue weighted by atomic mass is 10.1. The molecule has 0 aliphatic carbocycles. The first-order chi connectivity index (χ1) is 5.81. The maximum Gasteiger partial charge on any atom is 0.191 e. The highest BCUT2D eigenvalue weighted by molar-refractivity contribution is 4.45. The molecule has 1 unspecified atom stereocenters. The molecule has 0 aromatic heterocycles. The highest BCUT2D eigenvalue weighted by Crippen LogP contribution is 2.07. The highest BCUT2D eigenvalue weighted by Gasteiger charge is 2.03. The molecule has 0 bridgehead atoms. The number of hydrogen-bond acceptors (Lipinski definition) is 1. The zero-order valence-electron chi connectivity index (χ0n) is 8.34. The SMILES string of the molecule is CCCCCCCC([O])OCC. The van der Waals surface area contributed by atoms with Gasteiger partial charge in [0.25, 0.3) is 0 Å². The lowest BCUT2D eigenvalue weighted by Gasteiger charge is -2.06. The quantitative estimate of drug-likeness (QED) is 0.409. The van der Waals surface area contributed by atoms with Crippen LogP contribution in [0.15, 0.2) is 0 Å². The number of unbranched alkanes of at least 4 members (excludes halogenated alkanes) is 4. The Morgan fingerprint density at radius 2 is 1.75 bits per heavy atom. The molecule has 0 aliphatic heterocycles. The number of rotatable bonds is 8. The summed E-state index contributed by atoms with van der Waals surface area (Å²) in [6.45, 7) is 4.60. The van der Waals surface area contributed by atoms with E-state index in [1.807, 2.05) is 6.92 Å². The molecule has 0 heterocycles. The largest absolute Gasteiger partial charge is 0.350 e. The van der Waals surface area contributed by atoms with E-state index in [2.05, 4.69) is 6.92 Å². The highest BCUT2D eigenvalue weighted by atomic mass is 16.6. The van der Waals surface area contributed by atoms with Gasteiger partial charge in [0.1, 0.15) is 0 Å². The fourth-order valence-electron chi connectivity index (χ4n) is 1.18. The van der Waals surface area contributed by atoms with Crippen LogP contribution in [-0.2, 0) is 9.84 Å². The molecule has 0 rings (SSSR count). The van der Waals surface area contributed by atoms with Crippen molar-refractivity contribution in [3.05, 3.63) is 0 Å². The van der Waals surface area contributed by atoms with Crippen LogP contribution in [0.5, 0.6) is 0 Å². The number of hydrogen-bond donors (Lipinski definition) is 0. The molecule has 0 spiro atoms. The minimum atomic E-state index is -0.781. The normalized spacial score (nSPS) is 13.2. The van der Waals surface area contributed by atoms with Gasteiger partial charge in [-0.15, -0.1) is 0 Å². The van der Waals surface area contributed by atoms with Crippen molar-refractivity contribution in [2.75, 3.05) is 6.61 Å². The molecule has 12 heavy (non-hydrogen) atoms. The fraction of sp³-hybridized carbons (Fsp3) is 1.00. The average Bonchev–Trinajstić information content (AvgIpc) is 2.05. The van der Waals surface area contributed by atoms with E-state index in [0.717, 1.165) is 6.42 Å². The van der Waals surface area contributed by atoms with E-state index >= 15 is 0 Å². The number of ether oxygens (including phenoxy) is 1. The molecule has 0 aromatic carbocycles. The first-order valence-corrected chi connectivity index (χ1v) is 5.08. The summed E-state index contributed by atoms with van der Waals surface area (Å²) < 4.78 is 4.89. The van der Waals surface area contributed by atoms with Gasteiger partial charge in [0.05, 0.1) is 0 Å². The summed E-state index contributed by atoms with van der Waals surface area (Å²) in [7, 11) is 0. The van der Waals surface area contributed by atoms with Crippen LogP contribution in [0, 0.1) is 0 Å². The summed E-state index contributed by atoms with van der Waals surface area (Å²) in [4.78, 5) is 0. The van der Waals surface area contributed by atoms with Gasteiger partial charge in [0.2, 0.25) is 0 Å². The van der Waals surface area contributed by atoms with Crippen molar-refractivity contribution in [3.63, 3.8) is 0 Å². The van der Waals surface area contributed by atoms with Gasteiger partial charge >= 0.3 is 0 Å². The van der Waals surface area contributed by atoms with Gasteiger partial charge in [-0.3, -0.25) is 0 Å². The third-order valence-electron chi connectivity index (χ3n) is 1.90. The fourth-order valence-corrected chi connectivity index (χ4v) is 1.18. The molecule has 0 saturated heterocycles. The van der Waals surface area contributed by atoms with E-state index < -0.39 is 6.29 Å². The van der Waals surface area contributed by atoms with E-state index in [4.69, 9.17) is 4.74 Å². The Balaban J connectivity index is 2.97. The van der Waals surface area contributed by atoms with Crippen LogP contribution in [-0.4, -0.2) is 12.9 Å². The predicted octanol–water partition coefficient (Wildman–Crippen LogP) is 3.14. The first kappa shape index (κ1) is 11.9. The van der Waals surface area contributed by atoms with Crippen LogP contribution in [0.4, 0.5) is 0 Å². The van der Waals surface area contributed by atoms with Crippen LogP contribution in [0.25, 0.3) is 0 Å². The molecule has 2 heteroatoms. The van der Waals surface area contributed by atoms with Crippen LogP contribution < -0.4 is 0 Å². The topological polar surface area (TPSA) is 29.1 Å². The predicted molar refractivity (Wildman–Crippen MR) is 49.5 cm³/mol. The lowest BCUT2D eigenvalue weighted by molar-refractivity contribution is -0.140. The Morgan fingerprint density at radius 3 is 2.33 bits per heavy atom. The van der Waals surface area contributed by atoms with Crippen molar-refractivity contribution in [1.29, 1.82) is 0 Å². The zero-order valence-corrected chi connectivity index (χ0v) is 8.34. The van der Waals surface area contributed by atoms with E-state index in [1.165, 1.54) is 25.7 Å². The molecular weight excluding hydrogens is 152 g/mol. The van der Waals surface area contributed by atoms with Gasteiger partial charge in [-0.05, 0) is 13.3 Å². The summed E-state index contributed by atoms with van der Waals surface area (Å²) in [6.07, 6.45) is 5.90. The van der Waals surface area contributed by atoms with Crippen LogP contribution in [0.1, 0.15) is 52.4 Å². The molecule has 2 nitrogen and oxygen atoms in total. The maximum atomic E-state index is 10.9. The molecule has 1 atom stereocenters. The molecular formula is C10H21O2. The summed E-state index contributed by atoms with van der Waals surface area (Å²) in [5.74, 6) is 0. The second kappa shape index (κ2) is 9.01. The monoisotopic (exact) mass is 173 g/mol. The summed E-state index contributed by atoms with van der Waals surface area (Å²) in [5, 5.41) is 10.9. The Morgan fingerprint density at radius 1 is 1.08 bits per heavy atom. The van der Waals surface area contributed by atoms with Crippen LogP contribution in [0.3, 0.4) is 0 Å². The molecule has 0 aromatic rings. The standard InChI is InChI=1S/C10H21O2/c1-3-5-6-7-8-9-10(11)12-4-2/h10H,3-9H2,1-2H3. The van der Waals surface area contributed by atoms with Crippen molar-refractivity contribution >= 4 is 0 Å². The second-order valence-electron chi connectivity index (χ2n) is 3.09. The summed E-state index contributed by atoms with van der Waals surface area (Å²) in [5.41, 5.74) is 0. The Bertz CT molecular complexity index is 83.9. The van der Waals surface area contributed by atoms with Gasteiger partial charge in [-0.2, -0.15) is 0 Å². The van der Waals surface area contributed by atoms with Gasteiger partial charge in [-0.1, -0.05) is 32.6 Å². The molecule has 0 N–H and O–H groups in total. The van der Waals surface area contributed by atoms with Gasteiger partial charge in [0.15, 0.2) is 6.29 Å². The zero-order chi connectivity index (χ0) is 9.23.